The fourth-order valence-electron chi connectivity index (χ4n) is 4.80. The molecule has 0 fully saturated rings. The molecule has 0 saturated carbocycles. The van der Waals surface area contributed by atoms with Crippen molar-refractivity contribution in [2.24, 2.45) is 0 Å². The number of ether oxygens (including phenoxy) is 4. The zero-order valence-corrected chi connectivity index (χ0v) is 30.3. The third-order valence-electron chi connectivity index (χ3n) is 8.16. The van der Waals surface area contributed by atoms with E-state index in [0.717, 1.165) is 36.6 Å². The van der Waals surface area contributed by atoms with Gasteiger partial charge in [0.1, 0.15) is 17.2 Å². The van der Waals surface area contributed by atoms with Crippen LogP contribution < -0.4 is 14.2 Å². The summed E-state index contributed by atoms with van der Waals surface area (Å²) in [6, 6.07) is 18.8. The van der Waals surface area contributed by atoms with Crippen LogP contribution in [-0.4, -0.2) is 66.3 Å². The second kappa shape index (κ2) is 18.3. The molecule has 3 rings (SSSR count). The first-order valence-corrected chi connectivity index (χ1v) is 17.2. The largest absolute Gasteiger partial charge is 0.494 e. The van der Waals surface area contributed by atoms with E-state index >= 15 is 0 Å². The van der Waals surface area contributed by atoms with Crippen molar-refractivity contribution in [1.29, 1.82) is 0 Å². The fraction of sp³-hybridized carbons (Fsp3) is 0.459. The van der Waals surface area contributed by atoms with Gasteiger partial charge >= 0.3 is 46.9 Å². The van der Waals surface area contributed by atoms with E-state index in [0.29, 0.717) is 6.61 Å². The molecule has 0 radical (unpaired) electrons. The van der Waals surface area contributed by atoms with Crippen molar-refractivity contribution in [3.63, 3.8) is 0 Å². The maximum atomic E-state index is 14.0. The van der Waals surface area contributed by atoms with Crippen LogP contribution in [0, 0.1) is 0 Å². The van der Waals surface area contributed by atoms with Crippen molar-refractivity contribution in [1.82, 2.24) is 0 Å². The first-order chi connectivity index (χ1) is 25.9. The van der Waals surface area contributed by atoms with Gasteiger partial charge in [0, 0.05) is 0 Å². The molecule has 0 spiro atoms. The Morgan fingerprint density at radius 1 is 0.607 bits per heavy atom. The summed E-state index contributed by atoms with van der Waals surface area (Å²) in [6.45, 7) is 1.88. The van der Waals surface area contributed by atoms with E-state index < -0.39 is 66.1 Å². The molecule has 0 N–H and O–H groups in total. The van der Waals surface area contributed by atoms with Crippen LogP contribution in [0.15, 0.2) is 72.8 Å². The number of benzene rings is 3. The summed E-state index contributed by atoms with van der Waals surface area (Å²) in [5.74, 6) is -38.3. The van der Waals surface area contributed by atoms with Crippen LogP contribution in [0.5, 0.6) is 17.2 Å². The Labute approximate surface area is 318 Å². The average molecular weight is 839 g/mol. The van der Waals surface area contributed by atoms with Gasteiger partial charge < -0.3 is 18.9 Å². The molecular weight excluding hydrogens is 804 g/mol. The minimum atomic E-state index is -7.78. The first kappa shape index (κ1) is 46.0. The van der Waals surface area contributed by atoms with Crippen LogP contribution in [0.2, 0.25) is 0 Å². The summed E-state index contributed by atoms with van der Waals surface area (Å²) in [7, 11) is 0. The number of carbonyl (C=O) groups is 2. The van der Waals surface area contributed by atoms with Crippen molar-refractivity contribution in [2.75, 3.05) is 13.2 Å². The predicted molar refractivity (Wildman–Crippen MR) is 179 cm³/mol. The monoisotopic (exact) mass is 838 g/mol. The molecule has 56 heavy (non-hydrogen) atoms. The lowest BCUT2D eigenvalue weighted by Crippen LogP contribution is -2.70. The summed E-state index contributed by atoms with van der Waals surface area (Å²) >= 11 is 3.66. The zero-order chi connectivity index (χ0) is 42.2. The summed E-state index contributed by atoms with van der Waals surface area (Å²) in [5.41, 5.74) is 1.90. The highest BCUT2D eigenvalue weighted by Gasteiger charge is 2.89. The molecule has 310 valence electrons. The van der Waals surface area contributed by atoms with Gasteiger partial charge in [0.15, 0.2) is 6.10 Å². The van der Waals surface area contributed by atoms with Crippen LogP contribution >= 0.6 is 11.6 Å². The number of alkyl halides is 13. The molecule has 0 saturated heterocycles. The van der Waals surface area contributed by atoms with Gasteiger partial charge in [-0.3, -0.25) is 0 Å². The number of carbonyl (C=O) groups excluding carboxylic acids is 2. The molecule has 3 aromatic carbocycles. The van der Waals surface area contributed by atoms with E-state index in [1.54, 1.807) is 24.3 Å². The van der Waals surface area contributed by atoms with Crippen LogP contribution in [0.1, 0.15) is 62.7 Å². The van der Waals surface area contributed by atoms with Gasteiger partial charge in [0.25, 0.3) is 0 Å². The average Bonchev–Trinajstić information content (AvgIpc) is 3.13. The molecule has 0 amide bonds. The predicted octanol–water partition coefficient (Wildman–Crippen LogP) is 11.6. The van der Waals surface area contributed by atoms with Gasteiger partial charge in [0.2, 0.25) is 0 Å². The number of unbranched alkanes of at least 4 members (excludes halogenated alkanes) is 4. The molecule has 1 atom stereocenters. The minimum Gasteiger partial charge on any atom is -0.494 e. The summed E-state index contributed by atoms with van der Waals surface area (Å²) in [4.78, 5) is 24.8. The van der Waals surface area contributed by atoms with Crippen molar-refractivity contribution in [3.8, 4) is 28.4 Å². The molecule has 0 aliphatic carbocycles. The third-order valence-corrected chi connectivity index (χ3v) is 8.40. The Kier molecular flexibility index (Phi) is 15.0. The molecule has 0 aliphatic heterocycles. The minimum absolute atomic E-state index is 0.0145. The zero-order valence-electron chi connectivity index (χ0n) is 29.5. The fourth-order valence-corrected chi connectivity index (χ4v) is 4.92. The molecule has 6 nitrogen and oxygen atoms in total. The lowest BCUT2D eigenvalue weighted by atomic mass is 9.93. The van der Waals surface area contributed by atoms with Gasteiger partial charge in [-0.1, -0.05) is 56.9 Å². The normalized spacial score (nSPS) is 13.6. The maximum Gasteiger partial charge on any atom is 0.393 e. The Morgan fingerprint density at radius 2 is 1.09 bits per heavy atom. The van der Waals surface area contributed by atoms with Gasteiger partial charge in [0.05, 0.1) is 25.2 Å². The highest BCUT2D eigenvalue weighted by atomic mass is 35.5. The topological polar surface area (TPSA) is 71.1 Å². The van der Waals surface area contributed by atoms with E-state index in [-0.39, 0.29) is 17.1 Å². The highest BCUT2D eigenvalue weighted by Crippen LogP contribution is 2.61. The number of rotatable bonds is 21. The van der Waals surface area contributed by atoms with E-state index in [9.17, 15) is 62.3 Å². The van der Waals surface area contributed by atoms with E-state index in [4.69, 9.17) is 14.2 Å². The molecule has 19 heteroatoms. The summed E-state index contributed by atoms with van der Waals surface area (Å²) < 4.78 is 183. The Balaban J connectivity index is 1.50. The second-order valence-corrected chi connectivity index (χ2v) is 12.9. The smallest absolute Gasteiger partial charge is 0.393 e. The van der Waals surface area contributed by atoms with Crippen molar-refractivity contribution < 1.29 is 81.2 Å². The molecule has 0 aliphatic rings. The molecule has 0 unspecified atom stereocenters. The SMILES string of the molecule is CCCCCCCOc1ccc(-c2ccc(C(=O)Oc3ccc(O[C@@H](C)C(=O)OCCC(F)(F)C(F)(F)C(F)(F)C(F)(F)C(F)(F)C(F)(F)Cl)cc3)cc2)cc1. The molecular formula is C37H35ClF12O6. The standard InChI is InChI=1S/C37H35ClF12O6/c1-3-4-5-6-7-21-53-27-14-12-25(13-15-27)24-8-10-26(11-9-24)31(52)56-29-18-16-28(17-19-29)55-23(2)30(51)54-22-20-32(39,40)33(41,42)34(43,44)35(45,46)36(47,48)37(38,49)50/h8-19,23H,3-7,20-22H2,1-2H3/t23-/m0/s1. The van der Waals surface area contributed by atoms with Crippen LogP contribution in [0.25, 0.3) is 11.1 Å². The van der Waals surface area contributed by atoms with E-state index in [1.165, 1.54) is 43.5 Å². The first-order valence-electron chi connectivity index (χ1n) is 16.8. The second-order valence-electron chi connectivity index (χ2n) is 12.4. The number of halogens is 13. The Hall–Kier alpha value is -4.35. The van der Waals surface area contributed by atoms with Crippen LogP contribution in [-0.2, 0) is 9.53 Å². The lowest BCUT2D eigenvalue weighted by Gasteiger charge is -2.40. The van der Waals surface area contributed by atoms with Gasteiger partial charge in [-0.25, -0.2) is 9.59 Å². The number of hydrogen-bond acceptors (Lipinski definition) is 6. The van der Waals surface area contributed by atoms with Crippen molar-refractivity contribution in [3.05, 3.63) is 78.4 Å². The van der Waals surface area contributed by atoms with E-state index in [1.807, 2.05) is 24.3 Å². The molecule has 0 heterocycles. The van der Waals surface area contributed by atoms with Crippen LogP contribution in [0.3, 0.4) is 0 Å². The summed E-state index contributed by atoms with van der Waals surface area (Å²) in [5, 5.41) is -6.55. The van der Waals surface area contributed by atoms with E-state index in [2.05, 4.69) is 23.3 Å². The Bertz CT molecular complexity index is 1730. The molecule has 3 aromatic rings. The highest BCUT2D eigenvalue weighted by molar-refractivity contribution is 6.22. The molecule has 0 bridgehead atoms. The number of esters is 2. The third kappa shape index (κ3) is 10.5. The maximum absolute atomic E-state index is 14.0. The summed E-state index contributed by atoms with van der Waals surface area (Å²) in [6.07, 6.45) is 1.28. The van der Waals surface area contributed by atoms with Gasteiger partial charge in [-0.05, 0) is 84.6 Å². The van der Waals surface area contributed by atoms with Crippen molar-refractivity contribution >= 4 is 23.5 Å². The number of hydrogen-bond donors (Lipinski definition) is 0. The Morgan fingerprint density at radius 3 is 1.62 bits per heavy atom. The van der Waals surface area contributed by atoms with Gasteiger partial charge in [-0.15, -0.1) is 0 Å². The van der Waals surface area contributed by atoms with Gasteiger partial charge in [-0.2, -0.15) is 52.7 Å². The lowest BCUT2D eigenvalue weighted by molar-refractivity contribution is -0.417. The van der Waals surface area contributed by atoms with Crippen molar-refractivity contribution in [2.45, 2.75) is 93.5 Å². The van der Waals surface area contributed by atoms with Crippen LogP contribution in [0.4, 0.5) is 52.7 Å². The molecule has 0 aromatic heterocycles. The quantitative estimate of drug-likeness (QED) is 0.0350.